The topological polar surface area (TPSA) is 96.9 Å². The third-order valence-electron chi connectivity index (χ3n) is 2.06. The first-order chi connectivity index (χ1) is 8.51. The Morgan fingerprint density at radius 2 is 2.06 bits per heavy atom. The van der Waals surface area contributed by atoms with Crippen molar-refractivity contribution in [2.75, 3.05) is 5.32 Å². The van der Waals surface area contributed by atoms with Crippen LogP contribution in [0.3, 0.4) is 0 Å². The van der Waals surface area contributed by atoms with Crippen molar-refractivity contribution in [2.24, 2.45) is 10.9 Å². The van der Waals surface area contributed by atoms with Crippen molar-refractivity contribution in [3.8, 4) is 0 Å². The van der Waals surface area contributed by atoms with Crippen molar-refractivity contribution in [1.82, 2.24) is 0 Å². The summed E-state index contributed by atoms with van der Waals surface area (Å²) in [4.78, 5) is 11.3. The average molecular weight is 251 g/mol. The normalized spacial score (nSPS) is 11.4. The van der Waals surface area contributed by atoms with Crippen LogP contribution in [-0.4, -0.2) is 23.2 Å². The van der Waals surface area contributed by atoms with E-state index in [-0.39, 0.29) is 11.9 Å². The molecule has 0 saturated carbocycles. The highest BCUT2D eigenvalue weighted by atomic mass is 16.6. The number of amides is 1. The Bertz CT molecular complexity index is 427. The first-order valence-electron chi connectivity index (χ1n) is 5.54. The number of amidine groups is 1. The molecule has 0 radical (unpaired) electrons. The lowest BCUT2D eigenvalue weighted by Crippen LogP contribution is -2.18. The van der Waals surface area contributed by atoms with Crippen molar-refractivity contribution < 1.29 is 14.7 Å². The van der Waals surface area contributed by atoms with E-state index in [4.69, 9.17) is 15.7 Å². The molecule has 0 heterocycles. The Kier molecular flexibility index (Phi) is 4.98. The second-order valence-corrected chi connectivity index (χ2v) is 4.04. The lowest BCUT2D eigenvalue weighted by Gasteiger charge is -2.09. The molecule has 0 saturated heterocycles. The van der Waals surface area contributed by atoms with Crippen molar-refractivity contribution in [3.05, 3.63) is 29.8 Å². The summed E-state index contributed by atoms with van der Waals surface area (Å²) < 4.78 is 4.94. The number of hydrogen-bond acceptors (Lipinski definition) is 4. The molecule has 4 N–H and O–H groups in total. The van der Waals surface area contributed by atoms with E-state index in [0.29, 0.717) is 12.1 Å². The van der Waals surface area contributed by atoms with Crippen LogP contribution < -0.4 is 11.1 Å². The zero-order valence-corrected chi connectivity index (χ0v) is 10.4. The summed E-state index contributed by atoms with van der Waals surface area (Å²) in [6, 6.07) is 7.01. The smallest absolute Gasteiger partial charge is 0.411 e. The van der Waals surface area contributed by atoms with Gasteiger partial charge in [-0.15, -0.1) is 0 Å². The summed E-state index contributed by atoms with van der Waals surface area (Å²) >= 11 is 0. The maximum atomic E-state index is 11.3. The summed E-state index contributed by atoms with van der Waals surface area (Å²) in [5.74, 6) is 0.134. The lowest BCUT2D eigenvalue weighted by molar-refractivity contribution is 0.130. The minimum atomic E-state index is -0.491. The summed E-state index contributed by atoms with van der Waals surface area (Å²) in [6.45, 7) is 3.55. The van der Waals surface area contributed by atoms with Crippen LogP contribution in [0, 0.1) is 0 Å². The van der Waals surface area contributed by atoms with Gasteiger partial charge in [0, 0.05) is 12.1 Å². The van der Waals surface area contributed by atoms with Gasteiger partial charge in [-0.3, -0.25) is 5.32 Å². The summed E-state index contributed by atoms with van der Waals surface area (Å²) in [5, 5.41) is 13.9. The van der Waals surface area contributed by atoms with Crippen LogP contribution >= 0.6 is 0 Å². The van der Waals surface area contributed by atoms with Gasteiger partial charge in [0.15, 0.2) is 0 Å². The largest absolute Gasteiger partial charge is 0.447 e. The standard InChI is InChI=1S/C12H17N3O3/c1-8(2)18-12(16)14-10-5-3-9(4-6-10)7-11(13)15-17/h3-6,8,17H,7H2,1-2H3,(H2,13,15)(H,14,16). The number of nitrogens with two attached hydrogens (primary N) is 1. The van der Waals surface area contributed by atoms with Gasteiger partial charge in [0.05, 0.1) is 6.10 Å². The van der Waals surface area contributed by atoms with Crippen LogP contribution in [0.25, 0.3) is 0 Å². The SMILES string of the molecule is CC(C)OC(=O)Nc1ccc(C/C(N)=N/O)cc1. The molecule has 0 fully saturated rings. The Labute approximate surface area is 105 Å². The van der Waals surface area contributed by atoms with E-state index in [1.54, 1.807) is 38.1 Å². The summed E-state index contributed by atoms with van der Waals surface area (Å²) in [7, 11) is 0. The summed E-state index contributed by atoms with van der Waals surface area (Å²) in [5.41, 5.74) is 6.90. The predicted molar refractivity (Wildman–Crippen MR) is 68.8 cm³/mol. The highest BCUT2D eigenvalue weighted by Gasteiger charge is 2.05. The van der Waals surface area contributed by atoms with Crippen LogP contribution in [0.15, 0.2) is 29.4 Å². The van der Waals surface area contributed by atoms with Gasteiger partial charge in [-0.1, -0.05) is 17.3 Å². The van der Waals surface area contributed by atoms with E-state index in [1.807, 2.05) is 0 Å². The fourth-order valence-corrected chi connectivity index (χ4v) is 1.31. The Balaban J connectivity index is 2.57. The van der Waals surface area contributed by atoms with Crippen molar-refractivity contribution in [2.45, 2.75) is 26.4 Å². The molecule has 1 amide bonds. The minimum Gasteiger partial charge on any atom is -0.447 e. The molecule has 0 unspecified atom stereocenters. The fourth-order valence-electron chi connectivity index (χ4n) is 1.31. The van der Waals surface area contributed by atoms with Crippen molar-refractivity contribution >= 4 is 17.6 Å². The second-order valence-electron chi connectivity index (χ2n) is 4.04. The van der Waals surface area contributed by atoms with Gasteiger partial charge in [0.25, 0.3) is 0 Å². The number of benzene rings is 1. The average Bonchev–Trinajstić information content (AvgIpc) is 2.30. The van der Waals surface area contributed by atoms with E-state index in [2.05, 4.69) is 10.5 Å². The van der Waals surface area contributed by atoms with Gasteiger partial charge in [0.1, 0.15) is 5.84 Å². The molecule has 0 spiro atoms. The van der Waals surface area contributed by atoms with E-state index >= 15 is 0 Å². The van der Waals surface area contributed by atoms with Gasteiger partial charge < -0.3 is 15.7 Å². The van der Waals surface area contributed by atoms with Crippen LogP contribution in [0.4, 0.5) is 10.5 Å². The molecule has 1 aromatic rings. The van der Waals surface area contributed by atoms with Crippen molar-refractivity contribution in [3.63, 3.8) is 0 Å². The van der Waals surface area contributed by atoms with Gasteiger partial charge in [-0.25, -0.2) is 4.79 Å². The molecule has 0 atom stereocenters. The van der Waals surface area contributed by atoms with Gasteiger partial charge >= 0.3 is 6.09 Å². The molecule has 18 heavy (non-hydrogen) atoms. The maximum absolute atomic E-state index is 11.3. The van der Waals surface area contributed by atoms with Gasteiger partial charge in [-0.05, 0) is 31.5 Å². The number of ether oxygens (including phenoxy) is 1. The molecular weight excluding hydrogens is 234 g/mol. The molecule has 0 aromatic heterocycles. The van der Waals surface area contributed by atoms with Gasteiger partial charge in [0.2, 0.25) is 0 Å². The Morgan fingerprint density at radius 3 is 2.56 bits per heavy atom. The second kappa shape index (κ2) is 6.48. The number of nitrogens with one attached hydrogen (secondary N) is 1. The molecule has 0 aliphatic rings. The molecular formula is C12H17N3O3. The third-order valence-corrected chi connectivity index (χ3v) is 2.06. The van der Waals surface area contributed by atoms with E-state index in [9.17, 15) is 4.79 Å². The first kappa shape index (κ1) is 13.8. The number of carbonyl (C=O) groups is 1. The fraction of sp³-hybridized carbons (Fsp3) is 0.333. The quantitative estimate of drug-likeness (QED) is 0.329. The highest BCUT2D eigenvalue weighted by Crippen LogP contribution is 2.10. The zero-order chi connectivity index (χ0) is 13.5. The Morgan fingerprint density at radius 1 is 1.44 bits per heavy atom. The third kappa shape index (κ3) is 4.73. The van der Waals surface area contributed by atoms with Crippen LogP contribution in [0.1, 0.15) is 19.4 Å². The molecule has 0 aliphatic carbocycles. The summed E-state index contributed by atoms with van der Waals surface area (Å²) in [6.07, 6.45) is -0.299. The number of anilines is 1. The van der Waals surface area contributed by atoms with Crippen LogP contribution in [-0.2, 0) is 11.2 Å². The number of carbonyl (C=O) groups excluding carboxylic acids is 1. The number of rotatable bonds is 4. The predicted octanol–water partition coefficient (Wildman–Crippen LogP) is 1.93. The molecule has 1 aromatic carbocycles. The molecule has 6 heteroatoms. The van der Waals surface area contributed by atoms with Crippen LogP contribution in [0.2, 0.25) is 0 Å². The zero-order valence-electron chi connectivity index (χ0n) is 10.4. The molecule has 0 aliphatic heterocycles. The highest BCUT2D eigenvalue weighted by molar-refractivity contribution is 5.85. The molecule has 0 bridgehead atoms. The lowest BCUT2D eigenvalue weighted by atomic mass is 10.1. The molecule has 98 valence electrons. The molecule has 6 nitrogen and oxygen atoms in total. The maximum Gasteiger partial charge on any atom is 0.411 e. The first-order valence-corrected chi connectivity index (χ1v) is 5.54. The van der Waals surface area contributed by atoms with Gasteiger partial charge in [-0.2, -0.15) is 0 Å². The van der Waals surface area contributed by atoms with Crippen molar-refractivity contribution in [1.29, 1.82) is 0 Å². The minimum absolute atomic E-state index is 0.134. The number of hydrogen-bond donors (Lipinski definition) is 3. The number of oxime groups is 1. The molecule has 1 rings (SSSR count). The van der Waals surface area contributed by atoms with E-state index < -0.39 is 6.09 Å². The number of nitrogens with zero attached hydrogens (tertiary/aromatic N) is 1. The van der Waals surface area contributed by atoms with Crippen LogP contribution in [0.5, 0.6) is 0 Å². The monoisotopic (exact) mass is 251 g/mol. The Hall–Kier alpha value is -2.24. The van der Waals surface area contributed by atoms with E-state index in [1.165, 1.54) is 0 Å². The van der Waals surface area contributed by atoms with E-state index in [0.717, 1.165) is 5.56 Å².